The molecule has 0 aliphatic rings. The molecule has 0 aliphatic carbocycles. The summed E-state index contributed by atoms with van der Waals surface area (Å²) in [5, 5.41) is 10.5. The number of nitrogens with zero attached hydrogens (tertiary/aromatic N) is 6. The molecule has 0 saturated carbocycles. The largest absolute Gasteiger partial charge is 0.335 e. The fourth-order valence-electron chi connectivity index (χ4n) is 4.22. The predicted molar refractivity (Wildman–Crippen MR) is 141 cm³/mol. The van der Waals surface area contributed by atoms with E-state index in [9.17, 15) is 4.79 Å². The van der Waals surface area contributed by atoms with Crippen LogP contribution in [0.4, 0.5) is 5.69 Å². The van der Waals surface area contributed by atoms with Gasteiger partial charge in [-0.3, -0.25) is 24.8 Å². The third kappa shape index (κ3) is 4.40. The smallest absolute Gasteiger partial charge is 0.224 e. The zero-order valence-corrected chi connectivity index (χ0v) is 20.1. The van der Waals surface area contributed by atoms with Gasteiger partial charge in [0, 0.05) is 42.3 Å². The van der Waals surface area contributed by atoms with Crippen LogP contribution in [0.1, 0.15) is 26.2 Å². The van der Waals surface area contributed by atoms with Gasteiger partial charge in [-0.15, -0.1) is 0 Å². The number of hydrogen-bond acceptors (Lipinski definition) is 7. The summed E-state index contributed by atoms with van der Waals surface area (Å²) in [6.45, 7) is 2.06. The van der Waals surface area contributed by atoms with E-state index in [0.717, 1.165) is 46.1 Å². The van der Waals surface area contributed by atoms with E-state index in [-0.39, 0.29) is 5.91 Å². The van der Waals surface area contributed by atoms with Crippen LogP contribution in [-0.2, 0) is 4.79 Å². The van der Waals surface area contributed by atoms with Crippen LogP contribution in [0.25, 0.3) is 56.0 Å². The maximum Gasteiger partial charge on any atom is 0.224 e. The lowest BCUT2D eigenvalue weighted by atomic mass is 10.1. The van der Waals surface area contributed by atoms with Gasteiger partial charge >= 0.3 is 0 Å². The van der Waals surface area contributed by atoms with Crippen molar-refractivity contribution in [3.05, 3.63) is 67.5 Å². The van der Waals surface area contributed by atoms with Gasteiger partial charge in [0.25, 0.3) is 0 Å². The molecule has 182 valence electrons. The van der Waals surface area contributed by atoms with Crippen molar-refractivity contribution in [1.29, 1.82) is 0 Å². The number of rotatable bonds is 7. The second kappa shape index (κ2) is 9.57. The highest BCUT2D eigenvalue weighted by molar-refractivity contribution is 5.96. The van der Waals surface area contributed by atoms with Gasteiger partial charge in [-0.05, 0) is 42.3 Å². The van der Waals surface area contributed by atoms with E-state index in [1.54, 1.807) is 37.2 Å². The molecule has 0 fully saturated rings. The Labute approximate surface area is 211 Å². The first-order valence-electron chi connectivity index (χ1n) is 12.0. The van der Waals surface area contributed by atoms with Crippen molar-refractivity contribution in [2.45, 2.75) is 26.2 Å². The van der Waals surface area contributed by atoms with E-state index >= 15 is 0 Å². The molecular formula is C27H23N9O. The molecule has 0 bridgehead atoms. The second-order valence-corrected chi connectivity index (χ2v) is 8.68. The van der Waals surface area contributed by atoms with Gasteiger partial charge in [-0.2, -0.15) is 5.10 Å². The molecule has 0 aromatic carbocycles. The van der Waals surface area contributed by atoms with Crippen molar-refractivity contribution in [2.75, 3.05) is 5.32 Å². The molecule has 0 unspecified atom stereocenters. The number of amides is 1. The zero-order chi connectivity index (χ0) is 25.2. The first kappa shape index (κ1) is 22.5. The minimum absolute atomic E-state index is 0.0214. The van der Waals surface area contributed by atoms with Crippen LogP contribution >= 0.6 is 0 Å². The number of carbonyl (C=O) groups excluding carboxylic acids is 1. The first-order valence-corrected chi connectivity index (χ1v) is 12.0. The molecule has 0 aliphatic heterocycles. The van der Waals surface area contributed by atoms with Crippen LogP contribution in [0.3, 0.4) is 0 Å². The molecule has 6 rings (SSSR count). The molecule has 6 heterocycles. The normalized spacial score (nSPS) is 11.3. The molecule has 10 heteroatoms. The summed E-state index contributed by atoms with van der Waals surface area (Å²) in [7, 11) is 0. The highest BCUT2D eigenvalue weighted by Gasteiger charge is 2.17. The lowest BCUT2D eigenvalue weighted by molar-refractivity contribution is -0.116. The monoisotopic (exact) mass is 489 g/mol. The number of pyridine rings is 4. The van der Waals surface area contributed by atoms with E-state index < -0.39 is 0 Å². The Morgan fingerprint density at radius 3 is 2.62 bits per heavy atom. The van der Waals surface area contributed by atoms with Crippen LogP contribution < -0.4 is 5.32 Å². The maximum atomic E-state index is 12.2. The van der Waals surface area contributed by atoms with Gasteiger partial charge in [0.2, 0.25) is 5.91 Å². The summed E-state index contributed by atoms with van der Waals surface area (Å²) in [6, 6.07) is 9.55. The summed E-state index contributed by atoms with van der Waals surface area (Å²) in [5.74, 6) is 0.566. The van der Waals surface area contributed by atoms with Crippen LogP contribution in [0.2, 0.25) is 0 Å². The average Bonchev–Trinajstić information content (AvgIpc) is 3.56. The van der Waals surface area contributed by atoms with Crippen LogP contribution in [0, 0.1) is 0 Å². The van der Waals surface area contributed by atoms with Crippen molar-refractivity contribution in [1.82, 2.24) is 40.1 Å². The summed E-state index contributed by atoms with van der Waals surface area (Å²) in [6.07, 6.45) is 12.7. The molecule has 0 saturated heterocycles. The Hall–Kier alpha value is -4.99. The number of aromatic amines is 2. The standard InChI is InChI=1S/C27H23N9O/c1-2-3-4-23(37)31-18-11-17(12-29-13-18)20-5-6-21-25(32-20)26(36-35-21)27-33-22-15-30-14-19(24(22)34-27)16-7-9-28-10-8-16/h5-15H,2-4H2,1H3,(H,31,37)(H,33,34)(H,35,36). The highest BCUT2D eigenvalue weighted by Crippen LogP contribution is 2.31. The minimum Gasteiger partial charge on any atom is -0.335 e. The van der Waals surface area contributed by atoms with Crippen LogP contribution in [0.15, 0.2) is 67.5 Å². The van der Waals surface area contributed by atoms with Crippen molar-refractivity contribution < 1.29 is 4.79 Å². The van der Waals surface area contributed by atoms with Gasteiger partial charge in [0.05, 0.1) is 40.3 Å². The molecule has 3 N–H and O–H groups in total. The quantitative estimate of drug-likeness (QED) is 0.282. The lowest BCUT2D eigenvalue weighted by Gasteiger charge is -2.07. The molecular weight excluding hydrogens is 466 g/mol. The van der Waals surface area contributed by atoms with Crippen molar-refractivity contribution in [3.63, 3.8) is 0 Å². The number of carbonyl (C=O) groups is 1. The highest BCUT2D eigenvalue weighted by atomic mass is 16.1. The third-order valence-corrected chi connectivity index (χ3v) is 6.09. The average molecular weight is 490 g/mol. The Morgan fingerprint density at radius 2 is 1.76 bits per heavy atom. The number of nitrogens with one attached hydrogen (secondary N) is 3. The number of fused-ring (bicyclic) bond motifs is 2. The maximum absolute atomic E-state index is 12.2. The van der Waals surface area contributed by atoms with Crippen molar-refractivity contribution in [3.8, 4) is 33.9 Å². The summed E-state index contributed by atoms with van der Waals surface area (Å²) in [4.78, 5) is 38.0. The molecule has 10 nitrogen and oxygen atoms in total. The minimum atomic E-state index is -0.0214. The van der Waals surface area contributed by atoms with Gasteiger partial charge in [-0.1, -0.05) is 13.3 Å². The van der Waals surface area contributed by atoms with Gasteiger partial charge < -0.3 is 10.3 Å². The van der Waals surface area contributed by atoms with Crippen LogP contribution in [0.5, 0.6) is 0 Å². The number of H-pyrrole nitrogens is 2. The van der Waals surface area contributed by atoms with Gasteiger partial charge in [0.15, 0.2) is 11.5 Å². The molecule has 0 spiro atoms. The summed E-state index contributed by atoms with van der Waals surface area (Å²) >= 11 is 0. The first-order chi connectivity index (χ1) is 18.2. The van der Waals surface area contributed by atoms with E-state index in [1.165, 1.54) is 0 Å². The number of hydrogen-bond donors (Lipinski definition) is 3. The molecule has 37 heavy (non-hydrogen) atoms. The lowest BCUT2D eigenvalue weighted by Crippen LogP contribution is -2.11. The molecule has 1 amide bonds. The fourth-order valence-corrected chi connectivity index (χ4v) is 4.22. The fraction of sp³-hybridized carbons (Fsp3) is 0.148. The van der Waals surface area contributed by atoms with E-state index in [2.05, 4.69) is 42.4 Å². The molecule has 0 radical (unpaired) electrons. The third-order valence-electron chi connectivity index (χ3n) is 6.09. The SMILES string of the molecule is CCCCC(=O)Nc1cncc(-c2ccc3[nH]nc(-c4nc5c(-c6ccncc6)cncc5[nH]4)c3n2)c1. The zero-order valence-electron chi connectivity index (χ0n) is 20.1. The van der Waals surface area contributed by atoms with Gasteiger partial charge in [0.1, 0.15) is 5.52 Å². The topological polar surface area (TPSA) is 138 Å². The molecule has 0 atom stereocenters. The molecule has 6 aromatic rings. The van der Waals surface area contributed by atoms with E-state index in [1.807, 2.05) is 30.3 Å². The Morgan fingerprint density at radius 1 is 0.892 bits per heavy atom. The van der Waals surface area contributed by atoms with Gasteiger partial charge in [-0.25, -0.2) is 9.97 Å². The number of imidazole rings is 1. The van der Waals surface area contributed by atoms with Crippen molar-refractivity contribution in [2.24, 2.45) is 0 Å². The Kier molecular flexibility index (Phi) is 5.81. The second-order valence-electron chi connectivity index (χ2n) is 8.68. The Balaban J connectivity index is 1.37. The number of aromatic nitrogens is 8. The number of unbranched alkanes of at least 4 members (excludes halogenated alkanes) is 1. The van der Waals surface area contributed by atoms with Crippen molar-refractivity contribution >= 4 is 33.7 Å². The number of anilines is 1. The molecule has 6 aromatic heterocycles. The predicted octanol–water partition coefficient (Wildman–Crippen LogP) is 5.15. The van der Waals surface area contributed by atoms with E-state index in [4.69, 9.17) is 9.97 Å². The summed E-state index contributed by atoms with van der Waals surface area (Å²) in [5.41, 5.74) is 7.67. The van der Waals surface area contributed by atoms with E-state index in [0.29, 0.717) is 34.8 Å². The Bertz CT molecular complexity index is 1720. The van der Waals surface area contributed by atoms with Crippen LogP contribution in [-0.4, -0.2) is 46.0 Å². The summed E-state index contributed by atoms with van der Waals surface area (Å²) < 4.78 is 0.